The molecule has 1 rings (SSSR count). The summed E-state index contributed by atoms with van der Waals surface area (Å²) in [4.78, 5) is 13.8. The van der Waals surface area contributed by atoms with Gasteiger partial charge in [-0.2, -0.15) is 0 Å². The number of rotatable bonds is 7. The number of nitrogens with one attached hydrogen (secondary N) is 1. The summed E-state index contributed by atoms with van der Waals surface area (Å²) in [6, 6.07) is 2.42. The van der Waals surface area contributed by atoms with Crippen molar-refractivity contribution in [3.8, 4) is 0 Å². The molecule has 1 aromatic rings. The minimum Gasteiger partial charge on any atom is -0.368 e. The van der Waals surface area contributed by atoms with Gasteiger partial charge in [-0.05, 0) is 24.6 Å². The minimum atomic E-state index is -1.12. The molecular formula is C11H13F2N5O. The van der Waals surface area contributed by atoms with E-state index in [1.807, 2.05) is 0 Å². The Balaban J connectivity index is 2.75. The zero-order valence-electron chi connectivity index (χ0n) is 10.0. The first-order chi connectivity index (χ1) is 9.07. The first kappa shape index (κ1) is 14.9. The highest BCUT2D eigenvalue weighted by Crippen LogP contribution is 2.19. The third-order valence-corrected chi connectivity index (χ3v) is 2.42. The number of primary amides is 1. The molecule has 1 unspecified atom stereocenters. The van der Waals surface area contributed by atoms with Gasteiger partial charge in [-0.25, -0.2) is 8.78 Å². The lowest BCUT2D eigenvalue weighted by molar-refractivity contribution is -0.120. The fourth-order valence-electron chi connectivity index (χ4n) is 1.55. The van der Waals surface area contributed by atoms with Crippen LogP contribution in [0.5, 0.6) is 0 Å². The number of hydrogen-bond acceptors (Lipinski definition) is 3. The van der Waals surface area contributed by atoms with Crippen molar-refractivity contribution in [1.82, 2.24) is 5.32 Å². The van der Waals surface area contributed by atoms with Gasteiger partial charge < -0.3 is 11.1 Å². The zero-order valence-corrected chi connectivity index (χ0v) is 10.0. The van der Waals surface area contributed by atoms with E-state index in [0.29, 0.717) is 6.42 Å². The van der Waals surface area contributed by atoms with Crippen molar-refractivity contribution in [2.24, 2.45) is 10.8 Å². The van der Waals surface area contributed by atoms with Crippen LogP contribution in [0.2, 0.25) is 0 Å². The topological polar surface area (TPSA) is 104 Å². The molecule has 0 aromatic heterocycles. The predicted molar refractivity (Wildman–Crippen MR) is 64.9 cm³/mol. The van der Waals surface area contributed by atoms with Gasteiger partial charge in [0.1, 0.15) is 6.04 Å². The van der Waals surface area contributed by atoms with Crippen molar-refractivity contribution in [1.29, 1.82) is 0 Å². The third kappa shape index (κ3) is 4.20. The Morgan fingerprint density at radius 2 is 2.26 bits per heavy atom. The summed E-state index contributed by atoms with van der Waals surface area (Å²) in [6.07, 6.45) is 0.449. The number of nitrogens with zero attached hydrogens (tertiary/aromatic N) is 3. The number of azide groups is 1. The molecule has 0 saturated heterocycles. The summed E-state index contributed by atoms with van der Waals surface area (Å²) in [6.45, 7) is 0.517. The minimum absolute atomic E-state index is 0.142. The summed E-state index contributed by atoms with van der Waals surface area (Å²) in [5.41, 5.74) is 13.1. The fourth-order valence-corrected chi connectivity index (χ4v) is 1.55. The molecule has 0 bridgehead atoms. The molecule has 0 heterocycles. The molecule has 6 nitrogen and oxygen atoms in total. The molecule has 0 fully saturated rings. The number of halogens is 2. The summed E-state index contributed by atoms with van der Waals surface area (Å²) in [5, 5.41) is 6.01. The lowest BCUT2D eigenvalue weighted by atomic mass is 10.1. The fraction of sp³-hybridized carbons (Fsp3) is 0.364. The molecule has 102 valence electrons. The van der Waals surface area contributed by atoms with Crippen LogP contribution in [0.15, 0.2) is 23.3 Å². The van der Waals surface area contributed by atoms with Gasteiger partial charge in [0.15, 0.2) is 11.6 Å². The number of carbonyl (C=O) groups excluding carboxylic acids is 1. The van der Waals surface area contributed by atoms with Crippen molar-refractivity contribution in [3.63, 3.8) is 0 Å². The smallest absolute Gasteiger partial charge is 0.239 e. The van der Waals surface area contributed by atoms with Gasteiger partial charge in [0.05, 0.1) is 0 Å². The summed E-state index contributed by atoms with van der Waals surface area (Å²) >= 11 is 0. The average Bonchev–Trinajstić information content (AvgIpc) is 2.37. The SMILES string of the molecule is [N-]=[N+]=NCCCNC(C(N)=O)c1cccc(F)c1F. The Morgan fingerprint density at radius 3 is 2.89 bits per heavy atom. The second-order valence-electron chi connectivity index (χ2n) is 3.74. The van der Waals surface area contributed by atoms with E-state index < -0.39 is 23.6 Å². The Bertz CT molecular complexity index is 502. The monoisotopic (exact) mass is 269 g/mol. The lowest BCUT2D eigenvalue weighted by Gasteiger charge is -2.16. The summed E-state index contributed by atoms with van der Waals surface area (Å²) in [5.74, 6) is -2.96. The van der Waals surface area contributed by atoms with Gasteiger partial charge >= 0.3 is 0 Å². The Hall–Kier alpha value is -2.18. The zero-order chi connectivity index (χ0) is 14.3. The third-order valence-electron chi connectivity index (χ3n) is 2.42. The van der Waals surface area contributed by atoms with Gasteiger partial charge in [0.2, 0.25) is 5.91 Å². The summed E-state index contributed by atoms with van der Waals surface area (Å²) in [7, 11) is 0. The normalized spacial score (nSPS) is 11.7. The second kappa shape index (κ2) is 7.30. The van der Waals surface area contributed by atoms with E-state index in [-0.39, 0.29) is 18.7 Å². The number of amides is 1. The van der Waals surface area contributed by atoms with Crippen molar-refractivity contribution < 1.29 is 13.6 Å². The van der Waals surface area contributed by atoms with Crippen molar-refractivity contribution in [2.45, 2.75) is 12.5 Å². The molecule has 19 heavy (non-hydrogen) atoms. The molecule has 0 aliphatic rings. The van der Waals surface area contributed by atoms with Crippen LogP contribution in [0.4, 0.5) is 8.78 Å². The molecule has 1 aromatic carbocycles. The van der Waals surface area contributed by atoms with Crippen LogP contribution in [0.3, 0.4) is 0 Å². The Labute approximate surface area is 108 Å². The van der Waals surface area contributed by atoms with E-state index in [9.17, 15) is 13.6 Å². The summed E-state index contributed by atoms with van der Waals surface area (Å²) < 4.78 is 26.6. The molecule has 1 amide bonds. The van der Waals surface area contributed by atoms with E-state index in [0.717, 1.165) is 6.07 Å². The van der Waals surface area contributed by atoms with Crippen LogP contribution in [0.1, 0.15) is 18.0 Å². The van der Waals surface area contributed by atoms with Gasteiger partial charge in [0, 0.05) is 17.0 Å². The molecule has 8 heteroatoms. The van der Waals surface area contributed by atoms with Crippen LogP contribution >= 0.6 is 0 Å². The average molecular weight is 269 g/mol. The standard InChI is InChI=1S/C11H13F2N5O/c12-8-4-1-3-7(9(8)13)10(11(14)19)16-5-2-6-17-18-15/h1,3-4,10,16H,2,5-6H2,(H2,14,19). The first-order valence-electron chi connectivity index (χ1n) is 5.55. The van der Waals surface area contributed by atoms with E-state index in [4.69, 9.17) is 11.3 Å². The van der Waals surface area contributed by atoms with Gasteiger partial charge in [-0.15, -0.1) is 0 Å². The lowest BCUT2D eigenvalue weighted by Crippen LogP contribution is -2.35. The van der Waals surface area contributed by atoms with E-state index in [2.05, 4.69) is 15.3 Å². The van der Waals surface area contributed by atoms with E-state index in [1.165, 1.54) is 12.1 Å². The highest BCUT2D eigenvalue weighted by atomic mass is 19.2. The first-order valence-corrected chi connectivity index (χ1v) is 5.55. The van der Waals surface area contributed by atoms with Crippen molar-refractivity contribution in [3.05, 3.63) is 45.8 Å². The quantitative estimate of drug-likeness (QED) is 0.341. The maximum atomic E-state index is 13.6. The molecule has 0 aliphatic carbocycles. The highest BCUT2D eigenvalue weighted by Gasteiger charge is 2.22. The molecule has 0 saturated carbocycles. The van der Waals surface area contributed by atoms with Crippen molar-refractivity contribution >= 4 is 5.91 Å². The molecule has 0 spiro atoms. The van der Waals surface area contributed by atoms with Gasteiger partial charge in [-0.1, -0.05) is 17.2 Å². The van der Waals surface area contributed by atoms with Crippen LogP contribution in [-0.2, 0) is 4.79 Å². The van der Waals surface area contributed by atoms with Crippen LogP contribution in [0.25, 0.3) is 10.4 Å². The number of benzene rings is 1. The number of carbonyl (C=O) groups is 1. The molecular weight excluding hydrogens is 256 g/mol. The van der Waals surface area contributed by atoms with Crippen molar-refractivity contribution in [2.75, 3.05) is 13.1 Å². The van der Waals surface area contributed by atoms with Crippen LogP contribution in [0, 0.1) is 11.6 Å². The predicted octanol–water partition coefficient (Wildman–Crippen LogP) is 1.78. The van der Waals surface area contributed by atoms with E-state index >= 15 is 0 Å². The highest BCUT2D eigenvalue weighted by molar-refractivity contribution is 5.81. The molecule has 0 aliphatic heterocycles. The van der Waals surface area contributed by atoms with Crippen LogP contribution in [-0.4, -0.2) is 19.0 Å². The second-order valence-corrected chi connectivity index (χ2v) is 3.74. The molecule has 1 atom stereocenters. The Kier molecular flexibility index (Phi) is 5.72. The van der Waals surface area contributed by atoms with Crippen LogP contribution < -0.4 is 11.1 Å². The van der Waals surface area contributed by atoms with Gasteiger partial charge in [-0.3, -0.25) is 4.79 Å². The maximum Gasteiger partial charge on any atom is 0.239 e. The van der Waals surface area contributed by atoms with Gasteiger partial charge in [0.25, 0.3) is 0 Å². The largest absolute Gasteiger partial charge is 0.368 e. The molecule has 0 radical (unpaired) electrons. The van der Waals surface area contributed by atoms with E-state index in [1.54, 1.807) is 0 Å². The Morgan fingerprint density at radius 1 is 1.53 bits per heavy atom. The molecule has 3 N–H and O–H groups in total. The number of nitrogens with two attached hydrogens (primary N) is 1. The number of hydrogen-bond donors (Lipinski definition) is 2. The maximum absolute atomic E-state index is 13.6.